The lowest BCUT2D eigenvalue weighted by molar-refractivity contribution is -0.140. The van der Waals surface area contributed by atoms with E-state index in [9.17, 15) is 9.59 Å². The lowest BCUT2D eigenvalue weighted by Gasteiger charge is -2.12. The molecule has 0 saturated carbocycles. The molecule has 104 valence electrons. The Kier molecular flexibility index (Phi) is 6.60. The van der Waals surface area contributed by atoms with Crippen molar-refractivity contribution < 1.29 is 14.3 Å². The minimum atomic E-state index is -0.569. The quantitative estimate of drug-likeness (QED) is 0.559. The van der Waals surface area contributed by atoms with Crippen molar-refractivity contribution in [2.45, 2.75) is 25.3 Å². The number of nitrogens with one attached hydrogen (secondary N) is 1. The van der Waals surface area contributed by atoms with Crippen LogP contribution in [0.1, 0.15) is 18.4 Å². The molecule has 0 aromatic heterocycles. The molecule has 0 aliphatic rings. The number of hydrogen-bond donors (Lipinski definition) is 2. The molecule has 3 N–H and O–H groups in total. The van der Waals surface area contributed by atoms with E-state index in [0.717, 1.165) is 5.56 Å². The number of methoxy groups -OCH3 is 1. The van der Waals surface area contributed by atoms with E-state index in [-0.39, 0.29) is 11.9 Å². The van der Waals surface area contributed by atoms with Gasteiger partial charge in [-0.25, -0.2) is 0 Å². The lowest BCUT2D eigenvalue weighted by atomic mass is 10.1. The van der Waals surface area contributed by atoms with Gasteiger partial charge >= 0.3 is 5.97 Å². The molecule has 0 heterocycles. The number of carbonyl (C=O) groups is 2. The van der Waals surface area contributed by atoms with E-state index < -0.39 is 6.04 Å². The number of benzene rings is 1. The van der Waals surface area contributed by atoms with Crippen LogP contribution >= 0.6 is 0 Å². The van der Waals surface area contributed by atoms with Gasteiger partial charge < -0.3 is 15.8 Å². The Balaban J connectivity index is 2.24. The van der Waals surface area contributed by atoms with Crippen LogP contribution in [-0.2, 0) is 20.7 Å². The Morgan fingerprint density at radius 3 is 2.63 bits per heavy atom. The molecule has 1 aromatic carbocycles. The van der Waals surface area contributed by atoms with E-state index in [2.05, 4.69) is 10.1 Å². The SMILES string of the molecule is COC(=O)CCCNC(=O)C(N)Cc1ccccc1. The third-order valence-corrected chi connectivity index (χ3v) is 2.72. The summed E-state index contributed by atoms with van der Waals surface area (Å²) >= 11 is 0. The minimum absolute atomic E-state index is 0.200. The van der Waals surface area contributed by atoms with Crippen molar-refractivity contribution in [3.8, 4) is 0 Å². The second kappa shape index (κ2) is 8.26. The zero-order valence-corrected chi connectivity index (χ0v) is 11.1. The van der Waals surface area contributed by atoms with Gasteiger partial charge in [0, 0.05) is 13.0 Å². The van der Waals surface area contributed by atoms with E-state index in [1.807, 2.05) is 30.3 Å². The normalized spacial score (nSPS) is 11.7. The number of carbonyl (C=O) groups excluding carboxylic acids is 2. The van der Waals surface area contributed by atoms with E-state index in [0.29, 0.717) is 25.8 Å². The maximum Gasteiger partial charge on any atom is 0.305 e. The monoisotopic (exact) mass is 264 g/mol. The van der Waals surface area contributed by atoms with E-state index in [1.54, 1.807) is 0 Å². The molecule has 0 bridgehead atoms. The molecule has 0 fully saturated rings. The molecular formula is C14H20N2O3. The Labute approximate surface area is 113 Å². The first-order chi connectivity index (χ1) is 9.13. The fraction of sp³-hybridized carbons (Fsp3) is 0.429. The summed E-state index contributed by atoms with van der Waals surface area (Å²) in [6.07, 6.45) is 1.35. The molecular weight excluding hydrogens is 244 g/mol. The van der Waals surface area contributed by atoms with Gasteiger partial charge in [0.15, 0.2) is 0 Å². The summed E-state index contributed by atoms with van der Waals surface area (Å²) < 4.78 is 4.51. The summed E-state index contributed by atoms with van der Waals surface area (Å²) in [6, 6.07) is 9.05. The number of rotatable bonds is 7. The first-order valence-electron chi connectivity index (χ1n) is 6.27. The fourth-order valence-corrected chi connectivity index (χ4v) is 1.64. The van der Waals surface area contributed by atoms with Gasteiger partial charge in [0.2, 0.25) is 5.91 Å². The number of ether oxygens (including phenoxy) is 1. The zero-order valence-electron chi connectivity index (χ0n) is 11.1. The molecule has 0 radical (unpaired) electrons. The van der Waals surface area contributed by atoms with Gasteiger partial charge in [-0.1, -0.05) is 30.3 Å². The minimum Gasteiger partial charge on any atom is -0.469 e. The van der Waals surface area contributed by atoms with E-state index >= 15 is 0 Å². The number of amides is 1. The largest absolute Gasteiger partial charge is 0.469 e. The van der Waals surface area contributed by atoms with Crippen molar-refractivity contribution in [3.05, 3.63) is 35.9 Å². The molecule has 0 saturated heterocycles. The Morgan fingerprint density at radius 2 is 2.00 bits per heavy atom. The second-order valence-corrected chi connectivity index (χ2v) is 4.27. The first-order valence-corrected chi connectivity index (χ1v) is 6.27. The molecule has 0 aliphatic carbocycles. The third kappa shape index (κ3) is 6.01. The molecule has 19 heavy (non-hydrogen) atoms. The van der Waals surface area contributed by atoms with Crippen LogP contribution in [0.5, 0.6) is 0 Å². The zero-order chi connectivity index (χ0) is 14.1. The predicted octanol–water partition coefficient (Wildman–Crippen LogP) is 0.626. The van der Waals surface area contributed by atoms with Crippen molar-refractivity contribution in [2.24, 2.45) is 5.73 Å². The van der Waals surface area contributed by atoms with Crippen molar-refractivity contribution in [1.82, 2.24) is 5.32 Å². The van der Waals surface area contributed by atoms with Crippen LogP contribution in [0.2, 0.25) is 0 Å². The highest BCUT2D eigenvalue weighted by atomic mass is 16.5. The summed E-state index contributed by atoms with van der Waals surface area (Å²) in [5.41, 5.74) is 6.84. The van der Waals surface area contributed by atoms with E-state index in [1.165, 1.54) is 7.11 Å². The molecule has 0 spiro atoms. The molecule has 0 aliphatic heterocycles. The summed E-state index contributed by atoms with van der Waals surface area (Å²) in [7, 11) is 1.34. The average Bonchev–Trinajstić information content (AvgIpc) is 2.44. The molecule has 5 nitrogen and oxygen atoms in total. The number of hydrogen-bond acceptors (Lipinski definition) is 4. The Hall–Kier alpha value is -1.88. The lowest BCUT2D eigenvalue weighted by Crippen LogP contribution is -2.42. The second-order valence-electron chi connectivity index (χ2n) is 4.27. The van der Waals surface area contributed by atoms with Crippen molar-refractivity contribution in [2.75, 3.05) is 13.7 Å². The Morgan fingerprint density at radius 1 is 1.32 bits per heavy atom. The van der Waals surface area contributed by atoms with Crippen molar-refractivity contribution >= 4 is 11.9 Å². The highest BCUT2D eigenvalue weighted by molar-refractivity contribution is 5.81. The topological polar surface area (TPSA) is 81.4 Å². The van der Waals surface area contributed by atoms with Crippen LogP contribution in [0.15, 0.2) is 30.3 Å². The number of nitrogens with two attached hydrogens (primary N) is 1. The van der Waals surface area contributed by atoms with Crippen LogP contribution in [-0.4, -0.2) is 31.6 Å². The maximum absolute atomic E-state index is 11.7. The highest BCUT2D eigenvalue weighted by Gasteiger charge is 2.13. The first kappa shape index (κ1) is 15.2. The standard InChI is InChI=1S/C14H20N2O3/c1-19-13(17)8-5-9-16-14(18)12(15)10-11-6-3-2-4-7-11/h2-4,6-7,12H,5,8-10,15H2,1H3,(H,16,18). The number of esters is 1. The summed E-state index contributed by atoms with van der Waals surface area (Å²) in [4.78, 5) is 22.6. The maximum atomic E-state index is 11.7. The molecule has 1 aromatic rings. The molecule has 1 rings (SSSR count). The van der Waals surface area contributed by atoms with E-state index in [4.69, 9.17) is 5.73 Å². The van der Waals surface area contributed by atoms with Gasteiger partial charge in [0.1, 0.15) is 0 Å². The summed E-state index contributed by atoms with van der Waals surface area (Å²) in [5, 5.41) is 2.71. The van der Waals surface area contributed by atoms with Gasteiger partial charge in [-0.15, -0.1) is 0 Å². The summed E-state index contributed by atoms with van der Waals surface area (Å²) in [6.45, 7) is 0.427. The summed E-state index contributed by atoms with van der Waals surface area (Å²) in [5.74, 6) is -0.475. The molecule has 1 atom stereocenters. The highest BCUT2D eigenvalue weighted by Crippen LogP contribution is 2.01. The van der Waals surface area contributed by atoms with Crippen molar-refractivity contribution in [3.63, 3.8) is 0 Å². The predicted molar refractivity (Wildman–Crippen MR) is 72.4 cm³/mol. The average molecular weight is 264 g/mol. The fourth-order valence-electron chi connectivity index (χ4n) is 1.64. The van der Waals surface area contributed by atoms with Crippen LogP contribution < -0.4 is 11.1 Å². The Bertz CT molecular complexity index is 406. The third-order valence-electron chi connectivity index (χ3n) is 2.72. The van der Waals surface area contributed by atoms with Crippen LogP contribution in [0.4, 0.5) is 0 Å². The van der Waals surface area contributed by atoms with Gasteiger partial charge in [-0.05, 0) is 18.4 Å². The van der Waals surface area contributed by atoms with Gasteiger partial charge in [-0.3, -0.25) is 9.59 Å². The van der Waals surface area contributed by atoms with Crippen LogP contribution in [0.3, 0.4) is 0 Å². The van der Waals surface area contributed by atoms with Crippen molar-refractivity contribution in [1.29, 1.82) is 0 Å². The van der Waals surface area contributed by atoms with Gasteiger partial charge in [0.25, 0.3) is 0 Å². The smallest absolute Gasteiger partial charge is 0.305 e. The molecule has 1 amide bonds. The van der Waals surface area contributed by atoms with Gasteiger partial charge in [0.05, 0.1) is 13.2 Å². The van der Waals surface area contributed by atoms with Crippen LogP contribution in [0, 0.1) is 0 Å². The van der Waals surface area contributed by atoms with Gasteiger partial charge in [-0.2, -0.15) is 0 Å². The van der Waals surface area contributed by atoms with Crippen LogP contribution in [0.25, 0.3) is 0 Å². The molecule has 1 unspecified atom stereocenters. The molecule has 5 heteroatoms.